The van der Waals surface area contributed by atoms with Gasteiger partial charge in [0.1, 0.15) is 11.3 Å². The minimum atomic E-state index is -0.239. The number of aromatic nitrogens is 4. The van der Waals surface area contributed by atoms with E-state index in [1.165, 1.54) is 11.0 Å². The second-order valence-electron chi connectivity index (χ2n) is 7.78. The third kappa shape index (κ3) is 2.05. The normalized spacial score (nSPS) is 32.5. The summed E-state index contributed by atoms with van der Waals surface area (Å²) in [5.41, 5.74) is 0.525. The quantitative estimate of drug-likeness (QED) is 0.835. The first-order valence-electron chi connectivity index (χ1n) is 9.52. The number of ether oxygens (including phenoxy) is 1. The summed E-state index contributed by atoms with van der Waals surface area (Å²) < 4.78 is 8.77. The number of H-pyrrole nitrogens is 1. The number of hydrogen-bond acceptors (Lipinski definition) is 4. The van der Waals surface area contributed by atoms with Gasteiger partial charge in [0.25, 0.3) is 5.56 Å². The summed E-state index contributed by atoms with van der Waals surface area (Å²) in [5, 5.41) is 0. The fraction of sp³-hybridized carbons (Fsp3) is 0.722. The molecule has 2 aromatic rings. The Morgan fingerprint density at radius 3 is 2.56 bits per heavy atom. The van der Waals surface area contributed by atoms with E-state index in [2.05, 4.69) is 4.98 Å². The van der Waals surface area contributed by atoms with Crippen LogP contribution in [-0.4, -0.2) is 31.3 Å². The Hall–Kier alpha value is -1.89. The second-order valence-corrected chi connectivity index (χ2v) is 7.78. The maximum atomic E-state index is 12.8. The number of nitrogens with zero attached hydrogens (tertiary/aromatic N) is 3. The molecule has 5 rings (SSSR count). The topological polar surface area (TPSA) is 85.2 Å². The van der Waals surface area contributed by atoms with E-state index in [0.29, 0.717) is 54.2 Å². The van der Waals surface area contributed by atoms with Crippen LogP contribution in [0, 0.1) is 11.8 Å². The summed E-state index contributed by atoms with van der Waals surface area (Å²) in [5.74, 6) is 2.35. The predicted molar refractivity (Wildman–Crippen MR) is 92.8 cm³/mol. The molecule has 0 aromatic carbocycles. The van der Waals surface area contributed by atoms with Gasteiger partial charge in [-0.3, -0.25) is 13.9 Å². The van der Waals surface area contributed by atoms with E-state index in [1.807, 2.05) is 13.8 Å². The molecular formula is C18H24N4O3. The lowest BCUT2D eigenvalue weighted by molar-refractivity contribution is 0.260. The molecule has 3 fully saturated rings. The molecule has 2 saturated carbocycles. The molecule has 1 aliphatic heterocycles. The maximum Gasteiger partial charge on any atom is 0.332 e. The molecule has 0 unspecified atom stereocenters. The highest BCUT2D eigenvalue weighted by Crippen LogP contribution is 2.61. The van der Waals surface area contributed by atoms with Gasteiger partial charge in [-0.2, -0.15) is 0 Å². The van der Waals surface area contributed by atoms with Crippen molar-refractivity contribution in [2.24, 2.45) is 11.8 Å². The summed E-state index contributed by atoms with van der Waals surface area (Å²) in [6.45, 7) is 5.02. The first-order valence-corrected chi connectivity index (χ1v) is 9.52. The van der Waals surface area contributed by atoms with E-state index in [1.54, 1.807) is 4.57 Å². The van der Waals surface area contributed by atoms with E-state index < -0.39 is 0 Å². The van der Waals surface area contributed by atoms with Crippen LogP contribution in [0.25, 0.3) is 11.2 Å². The molecule has 25 heavy (non-hydrogen) atoms. The van der Waals surface area contributed by atoms with Crippen LogP contribution >= 0.6 is 0 Å². The molecule has 2 aromatic heterocycles. The molecule has 3 aliphatic rings. The number of imidazole rings is 1. The van der Waals surface area contributed by atoms with Gasteiger partial charge in [-0.05, 0) is 37.5 Å². The Balaban J connectivity index is 1.65. The zero-order chi connectivity index (χ0) is 17.3. The SMILES string of the molecule is CCCn1c(=O)c2[nH]c([C@H]3C[C@H]4C[C@@H]3[C@H]3O[C@@H]43)nc2n(CCC)c1=O. The highest BCUT2D eigenvalue weighted by molar-refractivity contribution is 5.70. The van der Waals surface area contributed by atoms with E-state index in [-0.39, 0.29) is 11.2 Å². The molecule has 0 amide bonds. The number of aryl methyl sites for hydroxylation is 1. The van der Waals surface area contributed by atoms with Crippen molar-refractivity contribution in [3.8, 4) is 0 Å². The van der Waals surface area contributed by atoms with Gasteiger partial charge in [0.15, 0.2) is 5.65 Å². The largest absolute Gasteiger partial charge is 0.369 e. The fourth-order valence-electron chi connectivity index (χ4n) is 5.12. The van der Waals surface area contributed by atoms with Gasteiger partial charge < -0.3 is 9.72 Å². The molecule has 1 saturated heterocycles. The fourth-order valence-corrected chi connectivity index (χ4v) is 5.12. The van der Waals surface area contributed by atoms with Gasteiger partial charge in [-0.15, -0.1) is 0 Å². The molecule has 0 radical (unpaired) electrons. The van der Waals surface area contributed by atoms with Gasteiger partial charge >= 0.3 is 5.69 Å². The Morgan fingerprint density at radius 2 is 1.88 bits per heavy atom. The smallest absolute Gasteiger partial charge is 0.332 e. The van der Waals surface area contributed by atoms with E-state index in [9.17, 15) is 9.59 Å². The molecular weight excluding hydrogens is 320 g/mol. The molecule has 1 N–H and O–H groups in total. The summed E-state index contributed by atoms with van der Waals surface area (Å²) in [4.78, 5) is 33.6. The average Bonchev–Trinajstić information content (AvgIpc) is 2.99. The van der Waals surface area contributed by atoms with Gasteiger partial charge in [-0.25, -0.2) is 9.78 Å². The zero-order valence-corrected chi connectivity index (χ0v) is 14.7. The molecule has 7 heteroatoms. The van der Waals surface area contributed by atoms with Crippen molar-refractivity contribution >= 4 is 11.2 Å². The molecule has 3 heterocycles. The monoisotopic (exact) mass is 344 g/mol. The number of hydrogen-bond donors (Lipinski definition) is 1. The maximum absolute atomic E-state index is 12.8. The van der Waals surface area contributed by atoms with Crippen LogP contribution in [0.4, 0.5) is 0 Å². The van der Waals surface area contributed by atoms with E-state index in [0.717, 1.165) is 25.1 Å². The highest BCUT2D eigenvalue weighted by atomic mass is 16.6. The predicted octanol–water partition coefficient (Wildman–Crippen LogP) is 1.60. The van der Waals surface area contributed by atoms with Crippen LogP contribution in [0.3, 0.4) is 0 Å². The van der Waals surface area contributed by atoms with Crippen molar-refractivity contribution in [3.63, 3.8) is 0 Å². The van der Waals surface area contributed by atoms with Crippen molar-refractivity contribution in [1.82, 2.24) is 19.1 Å². The Bertz CT molecular complexity index is 956. The lowest BCUT2D eigenvalue weighted by Gasteiger charge is -2.16. The number of epoxide rings is 1. The summed E-state index contributed by atoms with van der Waals surface area (Å²) in [7, 11) is 0. The number of nitrogens with one attached hydrogen (secondary N) is 1. The van der Waals surface area contributed by atoms with Crippen molar-refractivity contribution < 1.29 is 4.74 Å². The number of aromatic amines is 1. The molecule has 7 nitrogen and oxygen atoms in total. The first-order chi connectivity index (χ1) is 12.1. The zero-order valence-electron chi connectivity index (χ0n) is 14.7. The Kier molecular flexibility index (Phi) is 3.26. The number of fused-ring (bicyclic) bond motifs is 6. The molecule has 0 spiro atoms. The van der Waals surface area contributed by atoms with Crippen LogP contribution in [0.1, 0.15) is 51.3 Å². The minimum Gasteiger partial charge on any atom is -0.369 e. The Labute approximate surface area is 145 Å². The molecule has 5 atom stereocenters. The third-order valence-electron chi connectivity index (χ3n) is 6.22. The standard InChI is InChI=1S/C18H24N4O3/c1-3-5-21-16-12(17(23)22(6-4-2)18(21)24)19-15(20-16)11-8-9-7-10(11)14-13(9)25-14/h9-11,13-14H,3-8H2,1-2H3,(H,19,20)/t9-,10+,11+,13+,14-/m1/s1. The summed E-state index contributed by atoms with van der Waals surface area (Å²) in [6.07, 6.45) is 4.73. The minimum absolute atomic E-state index is 0.238. The van der Waals surface area contributed by atoms with Crippen LogP contribution in [0.15, 0.2) is 9.59 Å². The molecule has 2 bridgehead atoms. The highest BCUT2D eigenvalue weighted by Gasteiger charge is 2.63. The van der Waals surface area contributed by atoms with Crippen molar-refractivity contribution in [1.29, 1.82) is 0 Å². The van der Waals surface area contributed by atoms with Crippen LogP contribution < -0.4 is 11.2 Å². The van der Waals surface area contributed by atoms with Gasteiger partial charge in [0.2, 0.25) is 0 Å². The summed E-state index contributed by atoms with van der Waals surface area (Å²) >= 11 is 0. The lowest BCUT2D eigenvalue weighted by Crippen LogP contribution is -2.40. The second kappa shape index (κ2) is 5.30. The van der Waals surface area contributed by atoms with Gasteiger partial charge in [-0.1, -0.05) is 13.8 Å². The third-order valence-corrected chi connectivity index (χ3v) is 6.22. The Morgan fingerprint density at radius 1 is 1.12 bits per heavy atom. The van der Waals surface area contributed by atoms with Crippen molar-refractivity contribution in [3.05, 3.63) is 26.7 Å². The van der Waals surface area contributed by atoms with Gasteiger partial charge in [0, 0.05) is 19.0 Å². The van der Waals surface area contributed by atoms with Crippen molar-refractivity contribution in [2.75, 3.05) is 0 Å². The van der Waals surface area contributed by atoms with Crippen LogP contribution in [-0.2, 0) is 17.8 Å². The van der Waals surface area contributed by atoms with Crippen LogP contribution in [0.2, 0.25) is 0 Å². The van der Waals surface area contributed by atoms with E-state index in [4.69, 9.17) is 9.72 Å². The van der Waals surface area contributed by atoms with Crippen molar-refractivity contribution in [2.45, 2.75) is 70.7 Å². The van der Waals surface area contributed by atoms with E-state index >= 15 is 0 Å². The first kappa shape index (κ1) is 15.4. The van der Waals surface area contributed by atoms with Crippen LogP contribution in [0.5, 0.6) is 0 Å². The average molecular weight is 344 g/mol. The summed E-state index contributed by atoms with van der Waals surface area (Å²) in [6, 6.07) is 0. The number of rotatable bonds is 5. The van der Waals surface area contributed by atoms with Gasteiger partial charge in [0.05, 0.1) is 12.2 Å². The molecule has 134 valence electrons. The lowest BCUT2D eigenvalue weighted by atomic mass is 9.88. The molecule has 2 aliphatic carbocycles.